The lowest BCUT2D eigenvalue weighted by Gasteiger charge is -2.24. The largest absolute Gasteiger partial charge is 0.457 e. The summed E-state index contributed by atoms with van der Waals surface area (Å²) >= 11 is 1.84. The highest BCUT2D eigenvalue weighted by atomic mass is 32.1. The second-order valence-electron chi connectivity index (χ2n) is 17.6. The molecule has 1 nitrogen and oxygen atoms in total. The highest BCUT2D eigenvalue weighted by molar-refractivity contribution is 7.25. The molecule has 12 rings (SSSR count). The predicted octanol–water partition coefficient (Wildman–Crippen LogP) is 15.9. The summed E-state index contributed by atoms with van der Waals surface area (Å²) in [4.78, 5) is 0. The zero-order valence-corrected chi connectivity index (χ0v) is 36.1. The van der Waals surface area contributed by atoms with Gasteiger partial charge in [0.15, 0.2) is 0 Å². The van der Waals surface area contributed by atoms with Crippen molar-refractivity contribution in [3.8, 4) is 11.1 Å². The van der Waals surface area contributed by atoms with Crippen molar-refractivity contribution in [2.24, 2.45) is 0 Å². The first-order chi connectivity index (χ1) is 30.6. The Labute approximate surface area is 369 Å². The molecule has 0 aliphatic heterocycles. The highest BCUT2D eigenvalue weighted by Gasteiger charge is 2.37. The van der Waals surface area contributed by atoms with Crippen LogP contribution < -0.4 is 10.6 Å². The van der Waals surface area contributed by atoms with Gasteiger partial charge < -0.3 is 4.42 Å². The van der Waals surface area contributed by atoms with Crippen LogP contribution >= 0.6 is 11.3 Å². The molecule has 9 aromatic carbocycles. The molecule has 0 saturated heterocycles. The van der Waals surface area contributed by atoms with Crippen molar-refractivity contribution in [2.45, 2.75) is 19.3 Å². The lowest BCUT2D eigenvalue weighted by Crippen LogP contribution is -2.18. The van der Waals surface area contributed by atoms with Crippen LogP contribution in [0, 0.1) is 0 Å². The van der Waals surface area contributed by atoms with E-state index in [-0.39, 0.29) is 5.41 Å². The van der Waals surface area contributed by atoms with Gasteiger partial charge in [-0.25, -0.2) is 0 Å². The Balaban J connectivity index is 0.932. The molecule has 0 amide bonds. The van der Waals surface area contributed by atoms with Gasteiger partial charge in [-0.05, 0) is 141 Å². The number of rotatable bonds is 5. The second-order valence-corrected chi connectivity index (χ2v) is 18.6. The van der Waals surface area contributed by atoms with Crippen molar-refractivity contribution in [1.82, 2.24) is 0 Å². The first-order valence-electron chi connectivity index (χ1n) is 21.5. The lowest BCUT2D eigenvalue weighted by molar-refractivity contribution is 0.578. The number of benzene rings is 9. The molecule has 298 valence electrons. The maximum atomic E-state index is 6.32. The molecule has 2 heteroatoms. The SMILES string of the molecule is C=C(/C=c1\c(=C)oc2cc3cc4c(cc3cc12)sc1ccccc14)c1ccc2c(c1)C(C)(C)/C(=C/C(=C)c1c3ccccc3c(-c3cccc4ccccc34)c3ccccc13)C2=C. The van der Waals surface area contributed by atoms with E-state index < -0.39 is 0 Å². The van der Waals surface area contributed by atoms with Gasteiger partial charge in [-0.2, -0.15) is 0 Å². The molecule has 0 radical (unpaired) electrons. The van der Waals surface area contributed by atoms with Gasteiger partial charge in [0.1, 0.15) is 11.0 Å². The van der Waals surface area contributed by atoms with Crippen molar-refractivity contribution < 1.29 is 4.42 Å². The van der Waals surface area contributed by atoms with Gasteiger partial charge in [0, 0.05) is 36.2 Å². The average Bonchev–Trinajstić information content (AvgIpc) is 3.87. The van der Waals surface area contributed by atoms with E-state index in [4.69, 9.17) is 17.6 Å². The number of allylic oxidation sites excluding steroid dienone is 5. The summed E-state index contributed by atoms with van der Waals surface area (Å²) in [6.45, 7) is 23.1. The number of fused-ring (bicyclic) bond motifs is 9. The Morgan fingerprint density at radius 1 is 0.524 bits per heavy atom. The monoisotopic (exact) mass is 822 g/mol. The van der Waals surface area contributed by atoms with E-state index >= 15 is 0 Å². The molecule has 2 heterocycles. The number of hydrogen-bond acceptors (Lipinski definition) is 2. The second kappa shape index (κ2) is 13.7. The fraction of sp³-hybridized carbons (Fsp3) is 0.0492. The Morgan fingerprint density at radius 2 is 1.16 bits per heavy atom. The van der Waals surface area contributed by atoms with Gasteiger partial charge in [0.05, 0.1) is 0 Å². The van der Waals surface area contributed by atoms with E-state index in [9.17, 15) is 0 Å². The van der Waals surface area contributed by atoms with E-state index in [1.807, 2.05) is 11.3 Å². The molecule has 0 spiro atoms. The summed E-state index contributed by atoms with van der Waals surface area (Å²) in [6.07, 6.45) is 4.42. The molecule has 0 bridgehead atoms. The zero-order valence-electron chi connectivity index (χ0n) is 35.3. The van der Waals surface area contributed by atoms with Crippen molar-refractivity contribution in [3.63, 3.8) is 0 Å². The summed E-state index contributed by atoms with van der Waals surface area (Å²) in [6, 6.07) is 57.2. The summed E-state index contributed by atoms with van der Waals surface area (Å²) < 4.78 is 8.91. The van der Waals surface area contributed by atoms with E-state index in [2.05, 4.69) is 197 Å². The Bertz CT molecular complexity index is 3950. The average molecular weight is 823 g/mol. The highest BCUT2D eigenvalue weighted by Crippen LogP contribution is 2.51. The third-order valence-corrected chi connectivity index (χ3v) is 14.7. The summed E-state index contributed by atoms with van der Waals surface area (Å²) in [5.74, 6) is 0. The number of furan rings is 1. The zero-order chi connectivity index (χ0) is 42.7. The van der Waals surface area contributed by atoms with Crippen molar-refractivity contribution in [1.29, 1.82) is 0 Å². The molecule has 0 unspecified atom stereocenters. The minimum atomic E-state index is -0.337. The van der Waals surface area contributed by atoms with E-state index in [0.29, 0.717) is 5.42 Å². The Kier molecular flexibility index (Phi) is 8.13. The van der Waals surface area contributed by atoms with Crippen LogP contribution in [-0.2, 0) is 5.41 Å². The van der Waals surface area contributed by atoms with Crippen LogP contribution in [0.3, 0.4) is 0 Å². The molecule has 0 atom stereocenters. The van der Waals surface area contributed by atoms with Gasteiger partial charge in [0.2, 0.25) is 0 Å². The van der Waals surface area contributed by atoms with Crippen molar-refractivity contribution in [3.05, 3.63) is 222 Å². The lowest BCUT2D eigenvalue weighted by atomic mass is 9.79. The standard InChI is InChI=1S/C61H42OS/c1-35(28-51-38(4)62-56-33-41-31-53-45-19-13-14-25-57(45)63-58(53)34-42(41)30-52(51)56)40-26-27-43-37(3)54(61(5,6)55(43)32-40)29-36(2)59-47-20-9-11-22-49(47)60(50-23-12-10-21-48(50)59)46-24-15-17-39-16-7-8-18-44(39)46/h7-34H,1-4H2,5-6H3/b51-28+,54-29+. The maximum Gasteiger partial charge on any atom is 0.136 e. The third-order valence-electron chi connectivity index (χ3n) is 13.6. The van der Waals surface area contributed by atoms with Crippen molar-refractivity contribution in [2.75, 3.05) is 0 Å². The summed E-state index contributed by atoms with van der Waals surface area (Å²) in [5, 5.41) is 14.2. The number of thiophene rings is 1. The van der Waals surface area contributed by atoms with Crippen LogP contribution in [0.25, 0.3) is 115 Å². The molecule has 0 fully saturated rings. The van der Waals surface area contributed by atoms with Crippen LogP contribution in [0.2, 0.25) is 0 Å². The maximum absolute atomic E-state index is 6.32. The van der Waals surface area contributed by atoms with Crippen molar-refractivity contribution >= 4 is 115 Å². The topological polar surface area (TPSA) is 13.1 Å². The van der Waals surface area contributed by atoms with E-state index in [1.165, 1.54) is 80.1 Å². The minimum Gasteiger partial charge on any atom is -0.457 e. The fourth-order valence-corrected chi connectivity index (χ4v) is 11.6. The molecule has 11 aromatic rings. The van der Waals surface area contributed by atoms with Crippen LogP contribution in [0.15, 0.2) is 194 Å². The summed E-state index contributed by atoms with van der Waals surface area (Å²) in [7, 11) is 0. The first-order valence-corrected chi connectivity index (χ1v) is 22.3. The van der Waals surface area contributed by atoms with E-state index in [1.54, 1.807) is 0 Å². The third kappa shape index (κ3) is 5.61. The van der Waals surface area contributed by atoms with Gasteiger partial charge in [-0.15, -0.1) is 11.3 Å². The quantitative estimate of drug-likeness (QED) is 0.158. The van der Waals surface area contributed by atoms with Gasteiger partial charge in [0.25, 0.3) is 0 Å². The van der Waals surface area contributed by atoms with Crippen LogP contribution in [0.1, 0.15) is 36.1 Å². The molecule has 0 N–H and O–H groups in total. The van der Waals surface area contributed by atoms with Crippen LogP contribution in [0.4, 0.5) is 0 Å². The van der Waals surface area contributed by atoms with Crippen LogP contribution in [0.5, 0.6) is 0 Å². The Morgan fingerprint density at radius 3 is 1.92 bits per heavy atom. The molecular formula is C61H42OS. The minimum absolute atomic E-state index is 0.337. The van der Waals surface area contributed by atoms with Gasteiger partial charge >= 0.3 is 0 Å². The molecule has 2 aromatic heterocycles. The van der Waals surface area contributed by atoms with E-state index in [0.717, 1.165) is 55.0 Å². The fourth-order valence-electron chi connectivity index (χ4n) is 10.5. The smallest absolute Gasteiger partial charge is 0.136 e. The van der Waals surface area contributed by atoms with Crippen LogP contribution in [-0.4, -0.2) is 0 Å². The molecule has 63 heavy (non-hydrogen) atoms. The van der Waals surface area contributed by atoms with Gasteiger partial charge in [-0.1, -0.05) is 168 Å². The molecule has 1 aliphatic carbocycles. The first kappa shape index (κ1) is 37.3. The molecule has 1 aliphatic rings. The molecular weight excluding hydrogens is 781 g/mol. The normalized spacial score (nSPS) is 14.7. The van der Waals surface area contributed by atoms with Gasteiger partial charge in [-0.3, -0.25) is 0 Å². The number of hydrogen-bond donors (Lipinski definition) is 0. The predicted molar refractivity (Wildman–Crippen MR) is 275 cm³/mol. The molecule has 0 saturated carbocycles. The summed E-state index contributed by atoms with van der Waals surface area (Å²) in [5.41, 5.74) is 12.3. The Hall–Kier alpha value is -7.52.